The number of halogens is 4. The van der Waals surface area contributed by atoms with Crippen LogP contribution in [0.1, 0.15) is 66.8 Å². The van der Waals surface area contributed by atoms with Crippen molar-refractivity contribution in [1.82, 2.24) is 99.1 Å². The van der Waals surface area contributed by atoms with Crippen LogP contribution in [-0.4, -0.2) is 99.1 Å². The maximum absolute atomic E-state index is 14.0. The predicted molar refractivity (Wildman–Crippen MR) is 440 cm³/mol. The van der Waals surface area contributed by atoms with Crippen molar-refractivity contribution < 1.29 is 36.5 Å². The Balaban J connectivity index is 0.000000138. The molecule has 8 heterocycles. The Morgan fingerprint density at radius 1 is 0.300 bits per heavy atom. The number of para-hydroxylation sites is 4. The Bertz CT molecular complexity index is 6490. The highest BCUT2D eigenvalue weighted by atomic mass is 19.1. The molecule has 0 bridgehead atoms. The van der Waals surface area contributed by atoms with Gasteiger partial charge < -0.3 is 18.9 Å². The summed E-state index contributed by atoms with van der Waals surface area (Å²) < 4.78 is 88.0. The van der Waals surface area contributed by atoms with Gasteiger partial charge >= 0.3 is 22.8 Å². The number of pyridine rings is 4. The van der Waals surface area contributed by atoms with E-state index in [0.717, 1.165) is 97.5 Å². The van der Waals surface area contributed by atoms with Crippen molar-refractivity contribution in [1.29, 1.82) is 0 Å². The summed E-state index contributed by atoms with van der Waals surface area (Å²) in [6.45, 7) is 16.7. The smallest absolute Gasteiger partial charge is 0.368 e. The van der Waals surface area contributed by atoms with Gasteiger partial charge in [0.05, 0.1) is 23.3 Å². The van der Waals surface area contributed by atoms with Crippen molar-refractivity contribution in [3.05, 3.63) is 351 Å². The maximum atomic E-state index is 14.0. The van der Waals surface area contributed by atoms with E-state index >= 15 is 0 Å². The molecular formula is C88H80F4N20O8. The van der Waals surface area contributed by atoms with Gasteiger partial charge in [-0.25, -0.2) is 37.3 Å². The van der Waals surface area contributed by atoms with E-state index in [1.165, 1.54) is 73.2 Å². The van der Waals surface area contributed by atoms with Crippen LogP contribution in [-0.2, 0) is 54.6 Å². The van der Waals surface area contributed by atoms with Crippen LogP contribution in [0.4, 0.5) is 17.6 Å². The first-order valence-electron chi connectivity index (χ1n) is 37.5. The Kier molecular flexibility index (Phi) is 25.3. The van der Waals surface area contributed by atoms with E-state index in [2.05, 4.69) is 61.6 Å². The maximum Gasteiger partial charge on any atom is 0.368 e. The number of aromatic nitrogens is 20. The number of aryl methyl sites for hydroxylation is 12. The minimum Gasteiger partial charge on any atom is -0.486 e. The lowest BCUT2D eigenvalue weighted by Crippen LogP contribution is -2.22. The molecule has 0 aliphatic rings. The standard InChI is InChI=1S/4C22H20FN5O2/c1-14-6-4-8-19(28-22(29)27(3)25-26-28)21(14)30-13-17-10-9-16(12-15(17)2)20-18(23)7-5-11-24-20;1-14-6-4-8-19(28-22(29)27(3)25-26-28)21(14)30-13-17-11-10-16(12-15(17)2)18-7-5-9-20(23)24-18;1-14-5-4-6-20(28-22(29)27(3)25-26-28)21(14)30-13-17-8-7-16(11-15(17)2)19-12-18(23)9-10-24-19;1-14-5-4-6-20(28-22(29)27(3)25-26-28)21(14)30-13-17-8-7-16(11-15(17)2)19-10-9-18(23)12-24-19/h4*4-12H,13H2,1-3H3. The van der Waals surface area contributed by atoms with Crippen LogP contribution in [0.3, 0.4) is 0 Å². The fourth-order valence-electron chi connectivity index (χ4n) is 12.8. The van der Waals surface area contributed by atoms with E-state index in [1.807, 2.05) is 177 Å². The van der Waals surface area contributed by atoms with Gasteiger partial charge in [0, 0.05) is 68.9 Å². The third kappa shape index (κ3) is 18.8. The lowest BCUT2D eigenvalue weighted by atomic mass is 10.0. The summed E-state index contributed by atoms with van der Waals surface area (Å²) in [6, 6.07) is 58.5. The lowest BCUT2D eigenvalue weighted by molar-refractivity contribution is 0.301. The largest absolute Gasteiger partial charge is 0.486 e. The van der Waals surface area contributed by atoms with Crippen LogP contribution in [0.15, 0.2) is 238 Å². The molecule has 16 aromatic rings. The minimum absolute atomic E-state index is 0.281. The fourth-order valence-corrected chi connectivity index (χ4v) is 12.8. The summed E-state index contributed by atoms with van der Waals surface area (Å²) in [4.78, 5) is 65.5. The molecule has 0 aliphatic heterocycles. The number of hydrogen-bond acceptors (Lipinski definition) is 20. The lowest BCUT2D eigenvalue weighted by Gasteiger charge is -2.15. The summed E-state index contributed by atoms with van der Waals surface area (Å²) in [6.07, 6.45) is 4.22. The zero-order chi connectivity index (χ0) is 85.0. The van der Waals surface area contributed by atoms with Crippen LogP contribution in [0.5, 0.6) is 23.0 Å². The molecule has 8 aromatic heterocycles. The third-order valence-corrected chi connectivity index (χ3v) is 19.5. The minimum atomic E-state index is -0.510. The van der Waals surface area contributed by atoms with Gasteiger partial charge in [-0.05, 0) is 255 Å². The van der Waals surface area contributed by atoms with Gasteiger partial charge in [-0.2, -0.15) is 41.8 Å². The summed E-state index contributed by atoms with van der Waals surface area (Å²) >= 11 is 0. The molecule has 0 saturated carbocycles. The number of nitrogens with zero attached hydrogens (tertiary/aromatic N) is 20. The molecule has 16 rings (SSSR count). The number of hydrogen-bond donors (Lipinski definition) is 0. The fraction of sp³-hybridized carbons (Fsp3) is 0.182. The second-order valence-electron chi connectivity index (χ2n) is 28.0. The van der Waals surface area contributed by atoms with Crippen LogP contribution in [0.2, 0.25) is 0 Å². The van der Waals surface area contributed by atoms with Crippen LogP contribution in [0.25, 0.3) is 67.8 Å². The Labute approximate surface area is 684 Å². The third-order valence-electron chi connectivity index (χ3n) is 19.5. The molecule has 0 amide bonds. The summed E-state index contributed by atoms with van der Waals surface area (Å²) in [5.41, 5.74) is 17.5. The molecule has 28 nitrogen and oxygen atoms in total. The molecule has 0 unspecified atom stereocenters. The zero-order valence-electron chi connectivity index (χ0n) is 67.3. The van der Waals surface area contributed by atoms with E-state index in [0.29, 0.717) is 93.9 Å². The van der Waals surface area contributed by atoms with Crippen LogP contribution >= 0.6 is 0 Å². The van der Waals surface area contributed by atoms with Gasteiger partial charge in [-0.1, -0.05) is 103 Å². The Hall–Kier alpha value is -15.2. The van der Waals surface area contributed by atoms with Crippen molar-refractivity contribution in [2.45, 2.75) is 81.8 Å². The molecule has 0 fully saturated rings. The first kappa shape index (κ1) is 82.7. The number of tetrazole rings is 4. The van der Waals surface area contributed by atoms with Crippen molar-refractivity contribution >= 4 is 0 Å². The summed E-state index contributed by atoms with van der Waals surface area (Å²) in [5, 5.41) is 30.7. The molecule has 0 spiro atoms. The summed E-state index contributed by atoms with van der Waals surface area (Å²) in [7, 11) is 6.17. The topological polar surface area (TPSA) is 299 Å². The number of ether oxygens (including phenoxy) is 4. The van der Waals surface area contributed by atoms with E-state index in [9.17, 15) is 36.7 Å². The van der Waals surface area contributed by atoms with Crippen molar-refractivity contribution in [2.24, 2.45) is 28.2 Å². The molecule has 120 heavy (non-hydrogen) atoms. The zero-order valence-corrected chi connectivity index (χ0v) is 67.3. The van der Waals surface area contributed by atoms with Gasteiger partial charge in [-0.3, -0.25) is 15.0 Å². The van der Waals surface area contributed by atoms with Crippen molar-refractivity contribution in [3.63, 3.8) is 0 Å². The van der Waals surface area contributed by atoms with Gasteiger partial charge in [0.15, 0.2) is 0 Å². The average Bonchev–Trinajstić information content (AvgIpc) is 1.64. The molecule has 0 radical (unpaired) electrons. The molecule has 0 atom stereocenters. The molecule has 8 aromatic carbocycles. The predicted octanol–water partition coefficient (Wildman–Crippen LogP) is 13.5. The van der Waals surface area contributed by atoms with E-state index in [1.54, 1.807) is 75.9 Å². The number of rotatable bonds is 20. The average molecular weight is 1620 g/mol. The van der Waals surface area contributed by atoms with E-state index in [-0.39, 0.29) is 46.8 Å². The Morgan fingerprint density at radius 2 is 0.658 bits per heavy atom. The molecule has 608 valence electrons. The van der Waals surface area contributed by atoms with Gasteiger partial charge in [-0.15, -0.1) is 0 Å². The van der Waals surface area contributed by atoms with Crippen LogP contribution in [0, 0.1) is 78.8 Å². The molecule has 0 N–H and O–H groups in total. The van der Waals surface area contributed by atoms with E-state index < -0.39 is 5.95 Å². The second-order valence-corrected chi connectivity index (χ2v) is 28.0. The monoisotopic (exact) mass is 1620 g/mol. The normalized spacial score (nSPS) is 10.9. The molecular weight excluding hydrogens is 1540 g/mol. The summed E-state index contributed by atoms with van der Waals surface area (Å²) in [5.74, 6) is 0.700. The first-order valence-corrected chi connectivity index (χ1v) is 37.5. The quantitative estimate of drug-likeness (QED) is 0.0506. The van der Waals surface area contributed by atoms with Gasteiger partial charge in [0.2, 0.25) is 5.95 Å². The Morgan fingerprint density at radius 3 is 0.992 bits per heavy atom. The van der Waals surface area contributed by atoms with Crippen molar-refractivity contribution in [2.75, 3.05) is 0 Å². The first-order chi connectivity index (χ1) is 57.8. The second kappa shape index (κ2) is 36.7. The van der Waals surface area contributed by atoms with E-state index in [4.69, 9.17) is 18.9 Å². The SMILES string of the molecule is Cc1cc(-c2cc(F)ccn2)ccc1COc1c(C)cccc1-n1nnn(C)c1=O.Cc1cc(-c2ccc(F)cn2)ccc1COc1c(C)cccc1-n1nnn(C)c1=O.Cc1cc(-c2cccc(F)n2)ccc1COc1c(C)cccc1-n1nnn(C)c1=O.Cc1cc(-c2ncccc2F)ccc1COc1c(C)cccc1-n1nnn(C)c1=O. The number of benzene rings is 8. The highest BCUT2D eigenvalue weighted by molar-refractivity contribution is 5.65. The van der Waals surface area contributed by atoms with Crippen molar-refractivity contribution in [3.8, 4) is 90.8 Å². The highest BCUT2D eigenvalue weighted by Gasteiger charge is 2.22. The molecule has 0 saturated heterocycles. The molecule has 32 heteroatoms. The van der Waals surface area contributed by atoms with Gasteiger partial charge in [0.25, 0.3) is 0 Å². The highest BCUT2D eigenvalue weighted by Crippen LogP contribution is 2.34. The molecule has 0 aliphatic carbocycles. The van der Waals surface area contributed by atoms with Crippen LogP contribution < -0.4 is 41.7 Å². The van der Waals surface area contributed by atoms with Gasteiger partial charge in [0.1, 0.15) is 95.3 Å².